The van der Waals surface area contributed by atoms with Crippen LogP contribution in [0.1, 0.15) is 86.1 Å². The highest BCUT2D eigenvalue weighted by Crippen LogP contribution is 2.70. The summed E-state index contributed by atoms with van der Waals surface area (Å²) in [6.45, 7) is 4.71. The van der Waals surface area contributed by atoms with Crippen LogP contribution < -0.4 is 0 Å². The predicted molar refractivity (Wildman–Crippen MR) is 86.2 cm³/mol. The molecule has 0 saturated heterocycles. The summed E-state index contributed by atoms with van der Waals surface area (Å²) in [6, 6.07) is 10.9. The molecule has 5 rings (SSSR count). The van der Waals surface area contributed by atoms with E-state index < -0.39 is 0 Å². The summed E-state index contributed by atoms with van der Waals surface area (Å²) in [5, 5.41) is 0. The number of benzene rings is 1. The standard InChI is InChI=1S/C20H23NO/c1-20(2)15(12-6-4-3-5-7-12)16(20)19-21-17(13-8-9-13)18(22-19)14-10-11-14/h3-7,13-16H,8-11H2,1-2H3/t15-,16+/m1/s1. The molecule has 2 heteroatoms. The van der Waals surface area contributed by atoms with E-state index in [1.807, 2.05) is 0 Å². The zero-order chi connectivity index (χ0) is 14.9. The maximum atomic E-state index is 6.34. The lowest BCUT2D eigenvalue weighted by Gasteiger charge is -2.01. The molecular weight excluding hydrogens is 270 g/mol. The molecule has 1 heterocycles. The second-order valence-electron chi connectivity index (χ2n) is 8.04. The van der Waals surface area contributed by atoms with Crippen molar-refractivity contribution in [2.24, 2.45) is 5.41 Å². The Balaban J connectivity index is 1.51. The van der Waals surface area contributed by atoms with Gasteiger partial charge in [-0.3, -0.25) is 0 Å². The Labute approximate surface area is 131 Å². The molecule has 2 atom stereocenters. The van der Waals surface area contributed by atoms with Crippen molar-refractivity contribution in [1.29, 1.82) is 0 Å². The van der Waals surface area contributed by atoms with E-state index in [2.05, 4.69) is 44.2 Å². The van der Waals surface area contributed by atoms with E-state index >= 15 is 0 Å². The van der Waals surface area contributed by atoms with E-state index in [1.54, 1.807) is 0 Å². The molecule has 1 aromatic heterocycles. The van der Waals surface area contributed by atoms with Gasteiger partial charge >= 0.3 is 0 Å². The normalized spacial score (nSPS) is 29.5. The Morgan fingerprint density at radius 1 is 0.955 bits per heavy atom. The van der Waals surface area contributed by atoms with Gasteiger partial charge in [0.2, 0.25) is 0 Å². The van der Waals surface area contributed by atoms with Crippen LogP contribution in [0.5, 0.6) is 0 Å². The summed E-state index contributed by atoms with van der Waals surface area (Å²) in [5.41, 5.74) is 3.00. The second kappa shape index (κ2) is 4.24. The number of hydrogen-bond acceptors (Lipinski definition) is 2. The number of aromatic nitrogens is 1. The largest absolute Gasteiger partial charge is 0.445 e. The van der Waals surface area contributed by atoms with Gasteiger partial charge in [-0.2, -0.15) is 0 Å². The number of rotatable bonds is 4. The summed E-state index contributed by atoms with van der Waals surface area (Å²) in [7, 11) is 0. The van der Waals surface area contributed by atoms with E-state index in [9.17, 15) is 0 Å². The van der Waals surface area contributed by atoms with Gasteiger partial charge in [0, 0.05) is 23.7 Å². The van der Waals surface area contributed by atoms with Gasteiger partial charge in [-0.1, -0.05) is 44.2 Å². The fourth-order valence-electron chi connectivity index (χ4n) is 4.16. The lowest BCUT2D eigenvalue weighted by atomic mass is 10.0. The Bertz CT molecular complexity index is 677. The molecule has 2 aromatic rings. The van der Waals surface area contributed by atoms with E-state index in [-0.39, 0.29) is 5.41 Å². The average Bonchev–Trinajstić information content (AvgIpc) is 3.41. The molecule has 2 nitrogen and oxygen atoms in total. The molecule has 0 spiro atoms. The van der Waals surface area contributed by atoms with Crippen LogP contribution in [0, 0.1) is 5.41 Å². The quantitative estimate of drug-likeness (QED) is 0.760. The predicted octanol–water partition coefficient (Wildman–Crippen LogP) is 5.34. The third kappa shape index (κ3) is 1.89. The summed E-state index contributed by atoms with van der Waals surface area (Å²) in [6.07, 6.45) is 5.21. The fraction of sp³-hybridized carbons (Fsp3) is 0.550. The van der Waals surface area contributed by atoms with E-state index in [1.165, 1.54) is 42.7 Å². The van der Waals surface area contributed by atoms with Gasteiger partial charge in [0.05, 0.1) is 5.69 Å². The first-order chi connectivity index (χ1) is 10.7. The SMILES string of the molecule is CC1(C)[C@H](c2ccccc2)[C@H]1c1nc(C2CC2)c(C2CC2)o1. The minimum atomic E-state index is 0.258. The van der Waals surface area contributed by atoms with Crippen LogP contribution in [0.2, 0.25) is 0 Å². The molecule has 3 saturated carbocycles. The highest BCUT2D eigenvalue weighted by atomic mass is 16.4. The van der Waals surface area contributed by atoms with Crippen LogP contribution in [0.25, 0.3) is 0 Å². The molecule has 0 N–H and O–H groups in total. The zero-order valence-electron chi connectivity index (χ0n) is 13.4. The van der Waals surface area contributed by atoms with Crippen molar-refractivity contribution in [2.45, 2.75) is 63.2 Å². The molecule has 0 unspecified atom stereocenters. The number of hydrogen-bond donors (Lipinski definition) is 0. The highest BCUT2D eigenvalue weighted by Gasteiger charge is 2.62. The van der Waals surface area contributed by atoms with E-state index in [4.69, 9.17) is 9.40 Å². The number of nitrogens with zero attached hydrogens (tertiary/aromatic N) is 1. The average molecular weight is 293 g/mol. The fourth-order valence-corrected chi connectivity index (χ4v) is 4.16. The molecule has 0 radical (unpaired) electrons. The van der Waals surface area contributed by atoms with Gasteiger partial charge in [0.25, 0.3) is 0 Å². The lowest BCUT2D eigenvalue weighted by molar-refractivity contribution is 0.436. The first kappa shape index (κ1) is 12.9. The van der Waals surface area contributed by atoms with Crippen molar-refractivity contribution in [2.75, 3.05) is 0 Å². The maximum absolute atomic E-state index is 6.34. The van der Waals surface area contributed by atoms with Gasteiger partial charge in [-0.25, -0.2) is 4.98 Å². The maximum Gasteiger partial charge on any atom is 0.198 e. The molecule has 0 amide bonds. The van der Waals surface area contributed by atoms with Crippen molar-refractivity contribution in [3.63, 3.8) is 0 Å². The molecule has 3 aliphatic carbocycles. The summed E-state index contributed by atoms with van der Waals surface area (Å²) >= 11 is 0. The molecular formula is C20H23NO. The van der Waals surface area contributed by atoms with Crippen LogP contribution in [0.15, 0.2) is 34.7 Å². The third-order valence-electron chi connectivity index (χ3n) is 5.86. The topological polar surface area (TPSA) is 26.0 Å². The Morgan fingerprint density at radius 3 is 2.27 bits per heavy atom. The van der Waals surface area contributed by atoms with E-state index in [0.29, 0.717) is 23.7 Å². The molecule has 1 aromatic carbocycles. The van der Waals surface area contributed by atoms with Gasteiger partial charge in [-0.05, 0) is 36.7 Å². The zero-order valence-corrected chi connectivity index (χ0v) is 13.4. The van der Waals surface area contributed by atoms with E-state index in [0.717, 1.165) is 5.89 Å². The summed E-state index contributed by atoms with van der Waals surface area (Å²) in [4.78, 5) is 5.00. The molecule has 22 heavy (non-hydrogen) atoms. The van der Waals surface area contributed by atoms with Crippen LogP contribution >= 0.6 is 0 Å². The minimum absolute atomic E-state index is 0.258. The molecule has 3 fully saturated rings. The van der Waals surface area contributed by atoms with Crippen LogP contribution in [-0.2, 0) is 0 Å². The Hall–Kier alpha value is -1.57. The van der Waals surface area contributed by atoms with Crippen LogP contribution in [0.3, 0.4) is 0 Å². The van der Waals surface area contributed by atoms with Gasteiger partial charge in [0.15, 0.2) is 5.89 Å². The Morgan fingerprint density at radius 2 is 1.64 bits per heavy atom. The van der Waals surface area contributed by atoms with Gasteiger partial charge in [-0.15, -0.1) is 0 Å². The van der Waals surface area contributed by atoms with Crippen molar-refractivity contribution in [3.05, 3.63) is 53.2 Å². The van der Waals surface area contributed by atoms with Crippen LogP contribution in [-0.4, -0.2) is 4.98 Å². The van der Waals surface area contributed by atoms with Crippen molar-refractivity contribution in [1.82, 2.24) is 4.98 Å². The molecule has 0 bridgehead atoms. The first-order valence-electron chi connectivity index (χ1n) is 8.71. The smallest absolute Gasteiger partial charge is 0.198 e. The van der Waals surface area contributed by atoms with Crippen molar-refractivity contribution >= 4 is 0 Å². The third-order valence-corrected chi connectivity index (χ3v) is 5.86. The summed E-state index contributed by atoms with van der Waals surface area (Å²) < 4.78 is 6.34. The Kier molecular flexibility index (Phi) is 2.49. The highest BCUT2D eigenvalue weighted by molar-refractivity contribution is 5.39. The van der Waals surface area contributed by atoms with Gasteiger partial charge in [0.1, 0.15) is 5.76 Å². The lowest BCUT2D eigenvalue weighted by Crippen LogP contribution is -1.91. The van der Waals surface area contributed by atoms with Gasteiger partial charge < -0.3 is 4.42 Å². The molecule has 114 valence electrons. The van der Waals surface area contributed by atoms with Crippen LogP contribution in [0.4, 0.5) is 0 Å². The van der Waals surface area contributed by atoms with Crippen molar-refractivity contribution in [3.8, 4) is 0 Å². The molecule has 3 aliphatic rings. The van der Waals surface area contributed by atoms with Crippen molar-refractivity contribution < 1.29 is 4.42 Å². The first-order valence-corrected chi connectivity index (χ1v) is 8.71. The second-order valence-corrected chi connectivity index (χ2v) is 8.04. The minimum Gasteiger partial charge on any atom is -0.445 e. The number of oxazole rings is 1. The summed E-state index contributed by atoms with van der Waals surface area (Å²) in [5.74, 6) is 4.63. The monoisotopic (exact) mass is 293 g/mol. The molecule has 0 aliphatic heterocycles.